The molecule has 0 bridgehead atoms. The molecule has 1 amide bonds. The fourth-order valence-corrected chi connectivity index (χ4v) is 2.02. The van der Waals surface area contributed by atoms with Crippen LogP contribution < -0.4 is 16.4 Å². The van der Waals surface area contributed by atoms with Crippen LogP contribution in [-0.2, 0) is 13.1 Å². The summed E-state index contributed by atoms with van der Waals surface area (Å²) in [5.41, 5.74) is 13.6. The molecule has 1 aromatic carbocycles. The predicted molar refractivity (Wildman–Crippen MR) is 79.2 cm³/mol. The Labute approximate surface area is 118 Å². The number of nitrogens with zero attached hydrogens (tertiary/aromatic N) is 2. The zero-order chi connectivity index (χ0) is 14.5. The van der Waals surface area contributed by atoms with Crippen molar-refractivity contribution < 1.29 is 4.79 Å². The maximum absolute atomic E-state index is 11.4. The van der Waals surface area contributed by atoms with E-state index in [2.05, 4.69) is 4.98 Å². The molecule has 0 atom stereocenters. The SMILES string of the molecule is CN(Cc1ccc(CN)cc1)c1ncccc1C(N)=O. The van der Waals surface area contributed by atoms with Gasteiger partial charge >= 0.3 is 0 Å². The Morgan fingerprint density at radius 1 is 1.20 bits per heavy atom. The largest absolute Gasteiger partial charge is 0.365 e. The minimum atomic E-state index is -0.474. The van der Waals surface area contributed by atoms with Gasteiger partial charge in [-0.05, 0) is 23.3 Å². The third-order valence-electron chi connectivity index (χ3n) is 3.09. The molecule has 1 aromatic heterocycles. The van der Waals surface area contributed by atoms with Gasteiger partial charge in [-0.2, -0.15) is 0 Å². The van der Waals surface area contributed by atoms with Crippen molar-refractivity contribution in [3.63, 3.8) is 0 Å². The van der Waals surface area contributed by atoms with Crippen LogP contribution in [0.2, 0.25) is 0 Å². The quantitative estimate of drug-likeness (QED) is 0.857. The second-order valence-electron chi connectivity index (χ2n) is 4.62. The van der Waals surface area contributed by atoms with E-state index in [0.29, 0.717) is 24.5 Å². The van der Waals surface area contributed by atoms with E-state index in [9.17, 15) is 4.79 Å². The van der Waals surface area contributed by atoms with Crippen LogP contribution in [0.15, 0.2) is 42.6 Å². The summed E-state index contributed by atoms with van der Waals surface area (Å²) >= 11 is 0. The van der Waals surface area contributed by atoms with Crippen molar-refractivity contribution >= 4 is 11.7 Å². The van der Waals surface area contributed by atoms with Crippen LogP contribution >= 0.6 is 0 Å². The Balaban J connectivity index is 2.19. The van der Waals surface area contributed by atoms with E-state index < -0.39 is 5.91 Å². The summed E-state index contributed by atoms with van der Waals surface area (Å²) in [6.45, 7) is 1.17. The predicted octanol–water partition coefficient (Wildman–Crippen LogP) is 1.28. The summed E-state index contributed by atoms with van der Waals surface area (Å²) in [7, 11) is 1.88. The molecule has 0 spiro atoms. The number of carbonyl (C=O) groups excluding carboxylic acids is 1. The van der Waals surface area contributed by atoms with Crippen molar-refractivity contribution in [3.8, 4) is 0 Å². The summed E-state index contributed by atoms with van der Waals surface area (Å²) in [4.78, 5) is 17.5. The highest BCUT2D eigenvalue weighted by molar-refractivity contribution is 5.97. The Morgan fingerprint density at radius 3 is 2.45 bits per heavy atom. The molecular weight excluding hydrogens is 252 g/mol. The van der Waals surface area contributed by atoms with E-state index in [1.165, 1.54) is 0 Å². The van der Waals surface area contributed by atoms with Gasteiger partial charge in [-0.25, -0.2) is 4.98 Å². The molecule has 0 aliphatic rings. The minimum absolute atomic E-state index is 0.425. The van der Waals surface area contributed by atoms with Crippen molar-refractivity contribution in [1.82, 2.24) is 4.98 Å². The molecule has 2 rings (SSSR count). The van der Waals surface area contributed by atoms with Gasteiger partial charge in [0.15, 0.2) is 0 Å². The van der Waals surface area contributed by atoms with Gasteiger partial charge in [0.05, 0.1) is 5.56 Å². The lowest BCUT2D eigenvalue weighted by Gasteiger charge is -2.20. The second kappa shape index (κ2) is 6.16. The van der Waals surface area contributed by atoms with Gasteiger partial charge in [-0.3, -0.25) is 4.79 Å². The Kier molecular flexibility index (Phi) is 4.32. The average Bonchev–Trinajstić information content (AvgIpc) is 2.48. The van der Waals surface area contributed by atoms with E-state index in [1.807, 2.05) is 36.2 Å². The van der Waals surface area contributed by atoms with Gasteiger partial charge in [0.2, 0.25) is 0 Å². The smallest absolute Gasteiger partial charge is 0.252 e. The molecule has 0 radical (unpaired) electrons. The van der Waals surface area contributed by atoms with Crippen molar-refractivity contribution in [2.75, 3.05) is 11.9 Å². The maximum atomic E-state index is 11.4. The standard InChI is InChI=1S/C15H18N4O/c1-19(10-12-6-4-11(9-16)5-7-12)15-13(14(17)20)3-2-8-18-15/h2-8H,9-10,16H2,1H3,(H2,17,20). The zero-order valence-corrected chi connectivity index (χ0v) is 11.4. The summed E-state index contributed by atoms with van der Waals surface area (Å²) in [5, 5.41) is 0. The van der Waals surface area contributed by atoms with Gasteiger partial charge in [0.25, 0.3) is 5.91 Å². The first-order chi connectivity index (χ1) is 9.61. The number of amides is 1. The molecule has 2 aromatic rings. The van der Waals surface area contributed by atoms with Crippen molar-refractivity contribution in [3.05, 3.63) is 59.3 Å². The van der Waals surface area contributed by atoms with Gasteiger partial charge in [0, 0.05) is 26.3 Å². The molecule has 1 heterocycles. The molecular formula is C15H18N4O. The molecule has 0 aliphatic heterocycles. The third kappa shape index (κ3) is 3.13. The van der Waals surface area contributed by atoms with Crippen molar-refractivity contribution in [2.45, 2.75) is 13.1 Å². The molecule has 4 N–H and O–H groups in total. The number of anilines is 1. The summed E-state index contributed by atoms with van der Waals surface area (Å²) < 4.78 is 0. The Morgan fingerprint density at radius 2 is 1.85 bits per heavy atom. The molecule has 5 heteroatoms. The highest BCUT2D eigenvalue weighted by Crippen LogP contribution is 2.17. The number of rotatable bonds is 5. The van der Waals surface area contributed by atoms with Crippen LogP contribution in [0, 0.1) is 0 Å². The number of hydrogen-bond acceptors (Lipinski definition) is 4. The van der Waals surface area contributed by atoms with Crippen LogP contribution in [0.4, 0.5) is 5.82 Å². The second-order valence-corrected chi connectivity index (χ2v) is 4.62. The Bertz CT molecular complexity index is 595. The van der Waals surface area contributed by atoms with E-state index in [4.69, 9.17) is 11.5 Å². The summed E-state index contributed by atoms with van der Waals surface area (Å²) in [6.07, 6.45) is 1.65. The number of hydrogen-bond donors (Lipinski definition) is 2. The van der Waals surface area contributed by atoms with Crippen LogP contribution in [-0.4, -0.2) is 17.9 Å². The highest BCUT2D eigenvalue weighted by atomic mass is 16.1. The number of primary amides is 1. The molecule has 0 unspecified atom stereocenters. The van der Waals surface area contributed by atoms with Crippen LogP contribution in [0.5, 0.6) is 0 Å². The number of pyridine rings is 1. The average molecular weight is 270 g/mol. The molecule has 0 fully saturated rings. The van der Waals surface area contributed by atoms with Crippen LogP contribution in [0.25, 0.3) is 0 Å². The Hall–Kier alpha value is -2.40. The summed E-state index contributed by atoms with van der Waals surface area (Å²) in [5.74, 6) is 0.112. The molecule has 0 aliphatic carbocycles. The normalized spacial score (nSPS) is 10.3. The first-order valence-corrected chi connectivity index (χ1v) is 6.35. The first-order valence-electron chi connectivity index (χ1n) is 6.35. The number of aromatic nitrogens is 1. The third-order valence-corrected chi connectivity index (χ3v) is 3.09. The van der Waals surface area contributed by atoms with E-state index in [-0.39, 0.29) is 0 Å². The monoisotopic (exact) mass is 270 g/mol. The van der Waals surface area contributed by atoms with Gasteiger partial charge in [-0.15, -0.1) is 0 Å². The maximum Gasteiger partial charge on any atom is 0.252 e. The lowest BCUT2D eigenvalue weighted by Crippen LogP contribution is -2.23. The van der Waals surface area contributed by atoms with E-state index in [0.717, 1.165) is 11.1 Å². The zero-order valence-electron chi connectivity index (χ0n) is 11.4. The van der Waals surface area contributed by atoms with Crippen molar-refractivity contribution in [2.24, 2.45) is 11.5 Å². The molecule has 0 saturated heterocycles. The highest BCUT2D eigenvalue weighted by Gasteiger charge is 2.12. The summed E-state index contributed by atoms with van der Waals surface area (Å²) in [6, 6.07) is 11.4. The van der Waals surface area contributed by atoms with Crippen LogP contribution in [0.3, 0.4) is 0 Å². The number of benzene rings is 1. The van der Waals surface area contributed by atoms with Gasteiger partial charge in [0.1, 0.15) is 5.82 Å². The van der Waals surface area contributed by atoms with Crippen molar-refractivity contribution in [1.29, 1.82) is 0 Å². The van der Waals surface area contributed by atoms with Gasteiger partial charge < -0.3 is 16.4 Å². The van der Waals surface area contributed by atoms with Crippen LogP contribution in [0.1, 0.15) is 21.5 Å². The number of nitrogens with two attached hydrogens (primary N) is 2. The first kappa shape index (κ1) is 14.0. The van der Waals surface area contributed by atoms with E-state index in [1.54, 1.807) is 18.3 Å². The fraction of sp³-hybridized carbons (Fsp3) is 0.200. The molecule has 0 saturated carbocycles. The molecule has 5 nitrogen and oxygen atoms in total. The number of carbonyl (C=O) groups is 1. The fourth-order valence-electron chi connectivity index (χ4n) is 2.02. The lowest BCUT2D eigenvalue weighted by atomic mass is 10.1. The lowest BCUT2D eigenvalue weighted by molar-refractivity contribution is 0.100. The topological polar surface area (TPSA) is 85.2 Å². The van der Waals surface area contributed by atoms with E-state index >= 15 is 0 Å². The molecule has 20 heavy (non-hydrogen) atoms. The molecule has 104 valence electrons. The van der Waals surface area contributed by atoms with Gasteiger partial charge in [-0.1, -0.05) is 24.3 Å². The minimum Gasteiger partial charge on any atom is -0.365 e.